The maximum Gasteiger partial charge on any atom is 0.306 e. The Balaban J connectivity index is 4.59. The zero-order chi connectivity index (χ0) is 44.2. The van der Waals surface area contributed by atoms with Crippen LogP contribution in [0.1, 0.15) is 246 Å². The fourth-order valence-corrected chi connectivity index (χ4v) is 7.81. The number of nitrogens with one attached hydrogen (secondary N) is 2. The van der Waals surface area contributed by atoms with Crippen molar-refractivity contribution in [1.82, 2.24) is 15.5 Å². The summed E-state index contributed by atoms with van der Waals surface area (Å²) < 4.78 is 11.5. The molecule has 8 heteroatoms. The quantitative estimate of drug-likeness (QED) is 0.0271. The van der Waals surface area contributed by atoms with Crippen molar-refractivity contribution in [2.24, 2.45) is 0 Å². The van der Waals surface area contributed by atoms with Crippen LogP contribution in [0.3, 0.4) is 0 Å². The van der Waals surface area contributed by atoms with Gasteiger partial charge in [0.15, 0.2) is 5.78 Å². The van der Waals surface area contributed by atoms with E-state index in [2.05, 4.69) is 42.9 Å². The van der Waals surface area contributed by atoms with Crippen LogP contribution < -0.4 is 10.6 Å². The van der Waals surface area contributed by atoms with Gasteiger partial charge in [-0.3, -0.25) is 14.4 Å². The summed E-state index contributed by atoms with van der Waals surface area (Å²) in [6.07, 6.45) is 41.0. The standard InChI is InChI=1S/C52H99N3O5/c1-7-10-13-16-19-28-35-45-59-51(57)39-31-24-20-26-33-42-55(44-36-41-54-46-50(53-6)47(4)48(5)56)43-34-27-21-25-32-40-52(58)60-49(37-29-22-17-14-11-8-2)38-30-23-18-15-12-9-3/h46,49,53-54H,4,7-45H2,1-3,5-6H3/b50-46-. The zero-order valence-electron chi connectivity index (χ0n) is 40.4. The van der Waals surface area contributed by atoms with Crippen LogP contribution in [-0.2, 0) is 23.9 Å². The summed E-state index contributed by atoms with van der Waals surface area (Å²) in [5.74, 6) is -0.0551. The zero-order valence-corrected chi connectivity index (χ0v) is 40.4. The Morgan fingerprint density at radius 1 is 0.550 bits per heavy atom. The molecule has 0 saturated heterocycles. The third-order valence-corrected chi connectivity index (χ3v) is 11.8. The molecule has 0 saturated carbocycles. The number of unbranched alkanes of at least 4 members (excludes halogenated alkanes) is 24. The van der Waals surface area contributed by atoms with Crippen molar-refractivity contribution in [2.45, 2.75) is 252 Å². The van der Waals surface area contributed by atoms with Crippen LogP contribution in [0.2, 0.25) is 0 Å². The SMILES string of the molecule is C=C(C(C)=O)/C(=C/NCCCN(CCCCCCCC(=O)OCCCCCCCCC)CCCCCCCC(=O)OC(CCCCCCCC)CCCCCCCC)NC. The van der Waals surface area contributed by atoms with E-state index in [0.29, 0.717) is 25.0 Å². The molecule has 0 radical (unpaired) electrons. The Bertz CT molecular complexity index is 1030. The lowest BCUT2D eigenvalue weighted by Gasteiger charge is -2.22. The second-order valence-corrected chi connectivity index (χ2v) is 17.6. The molecule has 0 aromatic heterocycles. The Labute approximate surface area is 372 Å². The Kier molecular flexibility index (Phi) is 42.9. The van der Waals surface area contributed by atoms with Crippen molar-refractivity contribution in [2.75, 3.05) is 39.8 Å². The van der Waals surface area contributed by atoms with Crippen LogP contribution in [0.25, 0.3) is 0 Å². The fourth-order valence-electron chi connectivity index (χ4n) is 7.81. The number of ether oxygens (including phenoxy) is 2. The highest BCUT2D eigenvalue weighted by Gasteiger charge is 2.15. The van der Waals surface area contributed by atoms with E-state index in [0.717, 1.165) is 103 Å². The molecule has 0 unspecified atom stereocenters. The van der Waals surface area contributed by atoms with E-state index in [9.17, 15) is 14.4 Å². The largest absolute Gasteiger partial charge is 0.466 e. The summed E-state index contributed by atoms with van der Waals surface area (Å²) >= 11 is 0. The van der Waals surface area contributed by atoms with Crippen molar-refractivity contribution in [3.05, 3.63) is 24.0 Å². The molecule has 0 bridgehead atoms. The van der Waals surface area contributed by atoms with Gasteiger partial charge >= 0.3 is 11.9 Å². The lowest BCUT2D eigenvalue weighted by Crippen LogP contribution is -2.29. The number of carbonyl (C=O) groups excluding carboxylic acids is 3. The van der Waals surface area contributed by atoms with E-state index in [1.54, 1.807) is 0 Å². The Morgan fingerprint density at radius 3 is 1.45 bits per heavy atom. The molecular formula is C52H99N3O5. The van der Waals surface area contributed by atoms with Crippen LogP contribution in [0.15, 0.2) is 24.0 Å². The van der Waals surface area contributed by atoms with Gasteiger partial charge < -0.3 is 25.0 Å². The highest BCUT2D eigenvalue weighted by atomic mass is 16.5. The van der Waals surface area contributed by atoms with E-state index in [4.69, 9.17) is 9.47 Å². The summed E-state index contributed by atoms with van der Waals surface area (Å²) in [6.45, 7) is 16.8. The number of hydrogen-bond acceptors (Lipinski definition) is 8. The van der Waals surface area contributed by atoms with Crippen LogP contribution >= 0.6 is 0 Å². The average molecular weight is 846 g/mol. The lowest BCUT2D eigenvalue weighted by molar-refractivity contribution is -0.150. The van der Waals surface area contributed by atoms with Gasteiger partial charge in [-0.25, -0.2) is 0 Å². The predicted octanol–water partition coefficient (Wildman–Crippen LogP) is 13.9. The number of Topliss-reactive ketones (excluding diaryl/α,β-unsaturated/α-hetero) is 1. The van der Waals surface area contributed by atoms with E-state index >= 15 is 0 Å². The highest BCUT2D eigenvalue weighted by Crippen LogP contribution is 2.19. The van der Waals surface area contributed by atoms with Crippen molar-refractivity contribution in [3.8, 4) is 0 Å². The first-order valence-corrected chi connectivity index (χ1v) is 25.7. The van der Waals surface area contributed by atoms with Gasteiger partial charge in [-0.2, -0.15) is 0 Å². The van der Waals surface area contributed by atoms with Gasteiger partial charge in [0.25, 0.3) is 0 Å². The molecule has 0 aliphatic rings. The molecule has 60 heavy (non-hydrogen) atoms. The molecule has 0 fully saturated rings. The third kappa shape index (κ3) is 38.6. The van der Waals surface area contributed by atoms with E-state index in [1.807, 2.05) is 13.2 Å². The first-order chi connectivity index (χ1) is 29.3. The number of hydrogen-bond donors (Lipinski definition) is 2. The van der Waals surface area contributed by atoms with E-state index in [-0.39, 0.29) is 23.8 Å². The lowest BCUT2D eigenvalue weighted by atomic mass is 10.0. The maximum absolute atomic E-state index is 12.9. The number of likely N-dealkylation sites (N-methyl/N-ethyl adjacent to an activating group) is 1. The molecule has 0 spiro atoms. The first kappa shape index (κ1) is 57.6. The Morgan fingerprint density at radius 2 is 0.967 bits per heavy atom. The predicted molar refractivity (Wildman–Crippen MR) is 256 cm³/mol. The molecule has 8 nitrogen and oxygen atoms in total. The van der Waals surface area contributed by atoms with Crippen LogP contribution in [0.5, 0.6) is 0 Å². The van der Waals surface area contributed by atoms with Gasteiger partial charge in [-0.15, -0.1) is 0 Å². The molecule has 0 aromatic carbocycles. The molecule has 352 valence electrons. The monoisotopic (exact) mass is 846 g/mol. The Hall–Kier alpha value is -2.35. The topological polar surface area (TPSA) is 97.0 Å². The minimum Gasteiger partial charge on any atom is -0.466 e. The number of rotatable bonds is 47. The second-order valence-electron chi connectivity index (χ2n) is 17.6. The molecule has 0 atom stereocenters. The molecule has 0 rings (SSSR count). The van der Waals surface area contributed by atoms with Gasteiger partial charge in [-0.05, 0) is 90.8 Å². The fraction of sp³-hybridized carbons (Fsp3) is 0.865. The number of carbonyl (C=O) groups is 3. The minimum absolute atomic E-state index is 0.0118. The van der Waals surface area contributed by atoms with Crippen molar-refractivity contribution in [1.29, 1.82) is 0 Å². The van der Waals surface area contributed by atoms with E-state index in [1.165, 1.54) is 142 Å². The summed E-state index contributed by atoms with van der Waals surface area (Å²) in [5, 5.41) is 6.43. The van der Waals surface area contributed by atoms with Crippen LogP contribution in [0, 0.1) is 0 Å². The summed E-state index contributed by atoms with van der Waals surface area (Å²) in [5.41, 5.74) is 1.22. The highest BCUT2D eigenvalue weighted by molar-refractivity contribution is 5.96. The smallest absolute Gasteiger partial charge is 0.306 e. The maximum atomic E-state index is 12.9. The van der Waals surface area contributed by atoms with E-state index < -0.39 is 0 Å². The number of esters is 2. The van der Waals surface area contributed by atoms with Crippen molar-refractivity contribution in [3.63, 3.8) is 0 Å². The third-order valence-electron chi connectivity index (χ3n) is 11.8. The van der Waals surface area contributed by atoms with Gasteiger partial charge in [-0.1, -0.05) is 169 Å². The molecule has 0 aliphatic carbocycles. The minimum atomic E-state index is -0.0338. The molecule has 0 heterocycles. The van der Waals surface area contributed by atoms with Gasteiger partial charge in [0.1, 0.15) is 6.10 Å². The molecule has 0 amide bonds. The molecule has 2 N–H and O–H groups in total. The normalized spacial score (nSPS) is 11.7. The number of ketones is 1. The van der Waals surface area contributed by atoms with Crippen LogP contribution in [0.4, 0.5) is 0 Å². The van der Waals surface area contributed by atoms with Gasteiger partial charge in [0.05, 0.1) is 12.3 Å². The first-order valence-electron chi connectivity index (χ1n) is 25.7. The average Bonchev–Trinajstić information content (AvgIpc) is 3.24. The summed E-state index contributed by atoms with van der Waals surface area (Å²) in [6, 6.07) is 0. The summed E-state index contributed by atoms with van der Waals surface area (Å²) in [7, 11) is 1.81. The second kappa shape index (κ2) is 44.7. The summed E-state index contributed by atoms with van der Waals surface area (Å²) in [4.78, 5) is 39.4. The van der Waals surface area contributed by atoms with Crippen LogP contribution in [-0.4, -0.2) is 68.6 Å². The number of nitrogens with zero attached hydrogens (tertiary/aromatic N) is 1. The molecule has 0 aromatic rings. The molecular weight excluding hydrogens is 747 g/mol. The van der Waals surface area contributed by atoms with Gasteiger partial charge in [0.2, 0.25) is 0 Å². The van der Waals surface area contributed by atoms with Crippen molar-refractivity contribution < 1.29 is 23.9 Å². The molecule has 0 aliphatic heterocycles. The number of allylic oxidation sites excluding steroid dienone is 1. The van der Waals surface area contributed by atoms with Gasteiger partial charge in [0, 0.05) is 38.2 Å². The van der Waals surface area contributed by atoms with Crippen molar-refractivity contribution >= 4 is 17.7 Å².